The van der Waals surface area contributed by atoms with Crippen molar-refractivity contribution in [2.75, 3.05) is 0 Å². The van der Waals surface area contributed by atoms with Crippen molar-refractivity contribution in [2.45, 2.75) is 25.4 Å². The molecule has 2 aromatic rings. The lowest BCUT2D eigenvalue weighted by Gasteiger charge is -2.21. The van der Waals surface area contributed by atoms with Gasteiger partial charge in [0.2, 0.25) is 0 Å². The highest BCUT2D eigenvalue weighted by atomic mass is 16.8. The average molecular weight is 299 g/mol. The molecule has 2 atom stereocenters. The highest BCUT2D eigenvalue weighted by molar-refractivity contribution is 5.67. The maximum Gasteiger partial charge on any atom is 0.434 e. The highest BCUT2D eigenvalue weighted by Crippen LogP contribution is 2.33. The Bertz CT molecular complexity index is 617. The van der Waals surface area contributed by atoms with E-state index >= 15 is 0 Å². The van der Waals surface area contributed by atoms with Crippen molar-refractivity contribution in [3.05, 3.63) is 71.8 Å². The second-order valence-corrected chi connectivity index (χ2v) is 5.09. The van der Waals surface area contributed by atoms with E-state index in [2.05, 4.69) is 0 Å². The van der Waals surface area contributed by atoms with Crippen LogP contribution in [0.2, 0.25) is 0 Å². The van der Waals surface area contributed by atoms with Crippen LogP contribution < -0.4 is 0 Å². The fraction of sp³-hybridized carbons (Fsp3) is 0.235. The van der Waals surface area contributed by atoms with Crippen LogP contribution in [0.5, 0.6) is 0 Å². The summed E-state index contributed by atoms with van der Waals surface area (Å²) >= 11 is 0. The van der Waals surface area contributed by atoms with E-state index in [1.807, 2.05) is 60.7 Å². The van der Waals surface area contributed by atoms with E-state index in [0.29, 0.717) is 6.42 Å². The lowest BCUT2D eigenvalue weighted by Crippen LogP contribution is -2.30. The molecule has 0 radical (unpaired) electrons. The minimum absolute atomic E-state index is 0.164. The molecular weight excluding hydrogens is 282 g/mol. The summed E-state index contributed by atoms with van der Waals surface area (Å²) in [5, 5.41) is 10.8. The normalized spacial score (nSPS) is 20.9. The van der Waals surface area contributed by atoms with Crippen molar-refractivity contribution in [1.82, 2.24) is 5.06 Å². The number of nitrogens with zero attached hydrogens (tertiary/aromatic N) is 1. The Kier molecular flexibility index (Phi) is 4.37. The summed E-state index contributed by atoms with van der Waals surface area (Å²) in [5.74, 6) is 0. The zero-order valence-electron chi connectivity index (χ0n) is 12.0. The van der Waals surface area contributed by atoms with E-state index in [1.54, 1.807) is 0 Å². The Morgan fingerprint density at radius 1 is 1.14 bits per heavy atom. The van der Waals surface area contributed by atoms with E-state index in [4.69, 9.17) is 9.57 Å². The lowest BCUT2D eigenvalue weighted by atomic mass is 10.0. The molecule has 5 nitrogen and oxygen atoms in total. The first-order chi connectivity index (χ1) is 10.7. The van der Waals surface area contributed by atoms with Crippen molar-refractivity contribution in [3.63, 3.8) is 0 Å². The molecule has 114 valence electrons. The molecule has 0 bridgehead atoms. The number of rotatable bonds is 3. The SMILES string of the molecule is O=C(OCc1ccccc1)N1OC(O)C[C@H]1c1ccccc1. The molecule has 1 unspecified atom stereocenters. The maximum atomic E-state index is 12.2. The number of hydroxylamine groups is 2. The van der Waals surface area contributed by atoms with E-state index in [1.165, 1.54) is 0 Å². The van der Waals surface area contributed by atoms with E-state index in [-0.39, 0.29) is 12.6 Å². The summed E-state index contributed by atoms with van der Waals surface area (Å²) < 4.78 is 5.26. The number of ether oxygens (including phenoxy) is 1. The second-order valence-electron chi connectivity index (χ2n) is 5.09. The Balaban J connectivity index is 1.67. The number of aliphatic hydroxyl groups excluding tert-OH is 1. The van der Waals surface area contributed by atoms with Crippen LogP contribution in [-0.4, -0.2) is 22.6 Å². The molecule has 0 saturated carbocycles. The third-order valence-electron chi connectivity index (χ3n) is 3.51. The number of hydrogen-bond donors (Lipinski definition) is 1. The topological polar surface area (TPSA) is 59.0 Å². The largest absolute Gasteiger partial charge is 0.443 e. The molecule has 3 rings (SSSR count). The fourth-order valence-corrected chi connectivity index (χ4v) is 2.43. The molecule has 0 aliphatic carbocycles. The predicted molar refractivity (Wildman–Crippen MR) is 79.4 cm³/mol. The van der Waals surface area contributed by atoms with E-state index in [0.717, 1.165) is 16.2 Å². The van der Waals surface area contributed by atoms with Gasteiger partial charge in [-0.05, 0) is 11.1 Å². The van der Waals surface area contributed by atoms with Gasteiger partial charge in [0, 0.05) is 6.42 Å². The van der Waals surface area contributed by atoms with Crippen molar-refractivity contribution in [2.24, 2.45) is 0 Å². The van der Waals surface area contributed by atoms with Crippen LogP contribution in [0.4, 0.5) is 4.79 Å². The molecule has 0 aromatic heterocycles. The molecule has 1 heterocycles. The minimum atomic E-state index is -1.01. The van der Waals surface area contributed by atoms with Gasteiger partial charge in [0.05, 0.1) is 6.04 Å². The summed E-state index contributed by atoms with van der Waals surface area (Å²) in [4.78, 5) is 17.4. The van der Waals surface area contributed by atoms with Crippen molar-refractivity contribution >= 4 is 6.09 Å². The second kappa shape index (κ2) is 6.60. The number of carbonyl (C=O) groups is 1. The Morgan fingerprint density at radius 2 is 1.77 bits per heavy atom. The van der Waals surface area contributed by atoms with Crippen molar-refractivity contribution in [3.8, 4) is 0 Å². The number of hydrogen-bond acceptors (Lipinski definition) is 4. The highest BCUT2D eigenvalue weighted by Gasteiger charge is 2.38. The smallest absolute Gasteiger partial charge is 0.434 e. The van der Waals surface area contributed by atoms with Crippen molar-refractivity contribution in [1.29, 1.82) is 0 Å². The molecular formula is C17H17NO4. The maximum absolute atomic E-state index is 12.2. The van der Waals surface area contributed by atoms with E-state index in [9.17, 15) is 9.90 Å². The van der Waals surface area contributed by atoms with Gasteiger partial charge >= 0.3 is 6.09 Å². The Morgan fingerprint density at radius 3 is 2.45 bits per heavy atom. The van der Waals surface area contributed by atoms with Gasteiger partial charge in [-0.1, -0.05) is 60.7 Å². The van der Waals surface area contributed by atoms with Crippen LogP contribution in [0.15, 0.2) is 60.7 Å². The zero-order chi connectivity index (χ0) is 15.4. The quantitative estimate of drug-likeness (QED) is 0.946. The third-order valence-corrected chi connectivity index (χ3v) is 3.51. The number of aliphatic hydroxyl groups is 1. The Hall–Kier alpha value is -2.37. The lowest BCUT2D eigenvalue weighted by molar-refractivity contribution is -0.202. The van der Waals surface area contributed by atoms with Crippen LogP contribution in [0.3, 0.4) is 0 Å². The third kappa shape index (κ3) is 3.27. The summed E-state index contributed by atoms with van der Waals surface area (Å²) in [6, 6.07) is 18.5. The molecule has 1 aliphatic rings. The molecule has 5 heteroatoms. The summed E-state index contributed by atoms with van der Waals surface area (Å²) in [6.07, 6.45) is -1.28. The van der Waals surface area contributed by atoms with E-state index < -0.39 is 12.4 Å². The van der Waals surface area contributed by atoms with Gasteiger partial charge < -0.3 is 9.84 Å². The van der Waals surface area contributed by atoms with Crippen LogP contribution in [0, 0.1) is 0 Å². The van der Waals surface area contributed by atoms with Gasteiger partial charge in [0.15, 0.2) is 6.29 Å². The number of amides is 1. The van der Waals surface area contributed by atoms with Crippen molar-refractivity contribution < 1.29 is 19.5 Å². The van der Waals surface area contributed by atoms with Gasteiger partial charge in [0.1, 0.15) is 6.61 Å². The average Bonchev–Trinajstić information content (AvgIpc) is 2.96. The Labute approximate surface area is 128 Å². The molecule has 1 fully saturated rings. The predicted octanol–water partition coefficient (Wildman–Crippen LogP) is 3.02. The van der Waals surface area contributed by atoms with Crippen LogP contribution in [0.25, 0.3) is 0 Å². The summed E-state index contributed by atoms with van der Waals surface area (Å²) in [6.45, 7) is 0.164. The molecule has 1 saturated heterocycles. The number of benzene rings is 2. The number of carbonyl (C=O) groups excluding carboxylic acids is 1. The van der Waals surface area contributed by atoms with Gasteiger partial charge in [-0.25, -0.2) is 9.63 Å². The van der Waals surface area contributed by atoms with Gasteiger partial charge in [-0.2, -0.15) is 5.06 Å². The molecule has 1 N–H and O–H groups in total. The monoisotopic (exact) mass is 299 g/mol. The summed E-state index contributed by atoms with van der Waals surface area (Å²) in [7, 11) is 0. The minimum Gasteiger partial charge on any atom is -0.443 e. The molecule has 0 spiro atoms. The summed E-state index contributed by atoms with van der Waals surface area (Å²) in [5.41, 5.74) is 1.79. The first kappa shape index (κ1) is 14.6. The standard InChI is InChI=1S/C17H17NO4/c19-16-11-15(14-9-5-2-6-10-14)18(22-16)17(20)21-12-13-7-3-1-4-8-13/h1-10,15-16,19H,11-12H2/t15-,16?/m0/s1. The van der Waals surface area contributed by atoms with Crippen LogP contribution in [-0.2, 0) is 16.2 Å². The van der Waals surface area contributed by atoms with Gasteiger partial charge in [-0.15, -0.1) is 0 Å². The fourth-order valence-electron chi connectivity index (χ4n) is 2.43. The molecule has 2 aromatic carbocycles. The van der Waals surface area contributed by atoms with Gasteiger partial charge in [0.25, 0.3) is 0 Å². The molecule has 1 aliphatic heterocycles. The molecule has 1 amide bonds. The van der Waals surface area contributed by atoms with Crippen LogP contribution in [0.1, 0.15) is 23.6 Å². The molecule has 22 heavy (non-hydrogen) atoms. The zero-order valence-corrected chi connectivity index (χ0v) is 12.0. The first-order valence-electron chi connectivity index (χ1n) is 7.14. The first-order valence-corrected chi connectivity index (χ1v) is 7.14. The van der Waals surface area contributed by atoms with Gasteiger partial charge in [-0.3, -0.25) is 0 Å². The van der Waals surface area contributed by atoms with Crippen LogP contribution >= 0.6 is 0 Å².